The zero-order valence-corrected chi connectivity index (χ0v) is 15.6. The van der Waals surface area contributed by atoms with Crippen LogP contribution in [0.2, 0.25) is 0 Å². The van der Waals surface area contributed by atoms with Crippen LogP contribution in [-0.2, 0) is 11.3 Å². The molecule has 0 amide bonds. The van der Waals surface area contributed by atoms with Gasteiger partial charge in [-0.3, -0.25) is 0 Å². The maximum atomic E-state index is 5.90. The Morgan fingerprint density at radius 3 is 2.22 bits per heavy atom. The molecule has 4 heteroatoms. The van der Waals surface area contributed by atoms with E-state index in [2.05, 4.69) is 44.4 Å². The van der Waals surface area contributed by atoms with Crippen LogP contribution >= 0.6 is 11.8 Å². The van der Waals surface area contributed by atoms with Gasteiger partial charge in [0.25, 0.3) is 0 Å². The van der Waals surface area contributed by atoms with Crippen molar-refractivity contribution in [3.05, 3.63) is 29.8 Å². The SMILES string of the molecule is CSc1ccc(C[NH+]2CCC([NH+]3C[C@@H](C)O[C@@H](C)C3)CC2)cc1. The predicted octanol–water partition coefficient (Wildman–Crippen LogP) is 0.648. The van der Waals surface area contributed by atoms with Gasteiger partial charge in [0.05, 0.1) is 19.1 Å². The number of thioether (sulfide) groups is 1. The fraction of sp³-hybridized carbons (Fsp3) is 0.684. The van der Waals surface area contributed by atoms with E-state index in [1.54, 1.807) is 9.80 Å². The highest BCUT2D eigenvalue weighted by Crippen LogP contribution is 2.14. The molecule has 1 unspecified atom stereocenters. The van der Waals surface area contributed by atoms with E-state index in [1.165, 1.54) is 56.0 Å². The number of piperidine rings is 1. The Hall–Kier alpha value is -0.550. The third kappa shape index (κ3) is 4.72. The van der Waals surface area contributed by atoms with Crippen molar-refractivity contribution in [2.75, 3.05) is 32.4 Å². The Morgan fingerprint density at radius 2 is 1.65 bits per heavy atom. The van der Waals surface area contributed by atoms with Crippen molar-refractivity contribution in [2.24, 2.45) is 0 Å². The number of benzene rings is 1. The summed E-state index contributed by atoms with van der Waals surface area (Å²) in [6.45, 7) is 10.7. The quantitative estimate of drug-likeness (QED) is 0.787. The highest BCUT2D eigenvalue weighted by atomic mass is 32.2. The lowest BCUT2D eigenvalue weighted by Crippen LogP contribution is -3.22. The van der Waals surface area contributed by atoms with E-state index in [4.69, 9.17) is 4.74 Å². The number of ether oxygens (including phenoxy) is 1. The number of quaternary nitrogens is 2. The Kier molecular flexibility index (Phi) is 6.02. The van der Waals surface area contributed by atoms with Gasteiger partial charge in [-0.2, -0.15) is 0 Å². The van der Waals surface area contributed by atoms with Crippen LogP contribution in [0.3, 0.4) is 0 Å². The molecule has 0 radical (unpaired) electrons. The van der Waals surface area contributed by atoms with Crippen molar-refractivity contribution < 1.29 is 14.5 Å². The molecule has 2 N–H and O–H groups in total. The summed E-state index contributed by atoms with van der Waals surface area (Å²) in [6.07, 6.45) is 5.73. The first-order valence-electron chi connectivity index (χ1n) is 9.10. The van der Waals surface area contributed by atoms with Gasteiger partial charge in [0.2, 0.25) is 0 Å². The summed E-state index contributed by atoms with van der Waals surface area (Å²) in [5, 5.41) is 0. The molecule has 23 heavy (non-hydrogen) atoms. The van der Waals surface area contributed by atoms with Gasteiger partial charge in [0.1, 0.15) is 31.8 Å². The van der Waals surface area contributed by atoms with Gasteiger partial charge in [-0.1, -0.05) is 12.1 Å². The molecule has 0 bridgehead atoms. The van der Waals surface area contributed by atoms with E-state index >= 15 is 0 Å². The summed E-state index contributed by atoms with van der Waals surface area (Å²) < 4.78 is 5.90. The van der Waals surface area contributed by atoms with Gasteiger partial charge in [0, 0.05) is 23.3 Å². The molecular formula is C19H32N2OS+2. The smallest absolute Gasteiger partial charge is 0.104 e. The molecule has 3 nitrogen and oxygen atoms in total. The second-order valence-electron chi connectivity index (χ2n) is 7.37. The second-order valence-corrected chi connectivity index (χ2v) is 8.25. The lowest BCUT2D eigenvalue weighted by Gasteiger charge is -2.39. The van der Waals surface area contributed by atoms with E-state index in [0.29, 0.717) is 12.2 Å². The van der Waals surface area contributed by atoms with E-state index < -0.39 is 0 Å². The minimum absolute atomic E-state index is 0.425. The van der Waals surface area contributed by atoms with E-state index in [9.17, 15) is 0 Å². The molecule has 3 rings (SSSR count). The number of hydrogen-bond acceptors (Lipinski definition) is 2. The zero-order chi connectivity index (χ0) is 16.2. The van der Waals surface area contributed by atoms with Gasteiger partial charge in [-0.05, 0) is 32.2 Å². The van der Waals surface area contributed by atoms with Gasteiger partial charge >= 0.3 is 0 Å². The zero-order valence-electron chi connectivity index (χ0n) is 14.8. The second kappa shape index (κ2) is 8.02. The monoisotopic (exact) mass is 336 g/mol. The molecule has 1 aromatic rings. The van der Waals surface area contributed by atoms with Gasteiger partial charge in [-0.25, -0.2) is 0 Å². The molecule has 2 aliphatic heterocycles. The lowest BCUT2D eigenvalue weighted by atomic mass is 10.0. The Labute approximate surface area is 145 Å². The molecule has 3 atom stereocenters. The highest BCUT2D eigenvalue weighted by molar-refractivity contribution is 7.98. The van der Waals surface area contributed by atoms with Crippen LogP contribution in [0.4, 0.5) is 0 Å². The van der Waals surface area contributed by atoms with E-state index in [-0.39, 0.29) is 0 Å². The van der Waals surface area contributed by atoms with Crippen LogP contribution in [0.15, 0.2) is 29.2 Å². The number of rotatable bonds is 4. The summed E-state index contributed by atoms with van der Waals surface area (Å²) in [6, 6.07) is 9.98. The molecule has 0 spiro atoms. The molecule has 2 heterocycles. The van der Waals surface area contributed by atoms with Crippen molar-refractivity contribution >= 4 is 11.8 Å². The van der Waals surface area contributed by atoms with Gasteiger partial charge < -0.3 is 14.5 Å². The van der Waals surface area contributed by atoms with Crippen molar-refractivity contribution in [2.45, 2.75) is 56.4 Å². The van der Waals surface area contributed by atoms with E-state index in [1.807, 2.05) is 11.8 Å². The van der Waals surface area contributed by atoms with Crippen molar-refractivity contribution in [3.63, 3.8) is 0 Å². The largest absolute Gasteiger partial charge is 0.364 e. The third-order valence-electron chi connectivity index (χ3n) is 5.45. The third-order valence-corrected chi connectivity index (χ3v) is 6.19. The van der Waals surface area contributed by atoms with E-state index in [0.717, 1.165) is 6.04 Å². The van der Waals surface area contributed by atoms with Crippen LogP contribution in [0, 0.1) is 0 Å². The standard InChI is InChI=1S/C19H30N2OS/c1-15-12-21(13-16(2)22-15)18-8-10-20(11-9-18)14-17-4-6-19(23-3)7-5-17/h4-7,15-16,18H,8-14H2,1-3H3/p+2/t15-,16+. The molecule has 128 valence electrons. The molecule has 1 aromatic carbocycles. The maximum Gasteiger partial charge on any atom is 0.104 e. The fourth-order valence-corrected chi connectivity index (χ4v) is 4.70. The van der Waals surface area contributed by atoms with Crippen molar-refractivity contribution in [1.29, 1.82) is 0 Å². The highest BCUT2D eigenvalue weighted by Gasteiger charge is 2.34. The molecule has 0 aromatic heterocycles. The predicted molar refractivity (Wildman–Crippen MR) is 96.4 cm³/mol. The average molecular weight is 337 g/mol. The number of likely N-dealkylation sites (tertiary alicyclic amines) is 1. The van der Waals surface area contributed by atoms with Crippen molar-refractivity contribution in [3.8, 4) is 0 Å². The first-order valence-corrected chi connectivity index (χ1v) is 10.3. The number of morpholine rings is 1. The average Bonchev–Trinajstić information content (AvgIpc) is 2.55. The number of nitrogens with one attached hydrogen (secondary N) is 2. The van der Waals surface area contributed by atoms with Crippen molar-refractivity contribution in [1.82, 2.24) is 0 Å². The minimum atomic E-state index is 0.425. The van der Waals surface area contributed by atoms with Crippen LogP contribution in [0.5, 0.6) is 0 Å². The Balaban J connectivity index is 1.48. The van der Waals surface area contributed by atoms with Crippen LogP contribution in [0.1, 0.15) is 32.3 Å². The normalized spacial score (nSPS) is 35.2. The molecule has 0 aliphatic carbocycles. The molecule has 0 saturated carbocycles. The molecule has 2 fully saturated rings. The first-order chi connectivity index (χ1) is 11.1. The van der Waals surface area contributed by atoms with Gasteiger partial charge in [-0.15, -0.1) is 11.8 Å². The summed E-state index contributed by atoms with van der Waals surface area (Å²) in [5.74, 6) is 0. The Bertz CT molecular complexity index is 475. The Morgan fingerprint density at radius 1 is 1.04 bits per heavy atom. The van der Waals surface area contributed by atoms with Crippen LogP contribution in [0.25, 0.3) is 0 Å². The first kappa shape index (κ1) is 17.3. The minimum Gasteiger partial charge on any atom is -0.364 e. The maximum absolute atomic E-state index is 5.90. The molecule has 2 aliphatic rings. The molecule has 2 saturated heterocycles. The summed E-state index contributed by atoms with van der Waals surface area (Å²) in [7, 11) is 0. The summed E-state index contributed by atoms with van der Waals surface area (Å²) >= 11 is 1.82. The van der Waals surface area contributed by atoms with Crippen LogP contribution < -0.4 is 9.80 Å². The fourth-order valence-electron chi connectivity index (χ4n) is 4.29. The molecular weight excluding hydrogens is 304 g/mol. The lowest BCUT2D eigenvalue weighted by molar-refractivity contribution is -0.970. The summed E-state index contributed by atoms with van der Waals surface area (Å²) in [4.78, 5) is 4.91. The van der Waals surface area contributed by atoms with Crippen LogP contribution in [-0.4, -0.2) is 50.7 Å². The summed E-state index contributed by atoms with van der Waals surface area (Å²) in [5.41, 5.74) is 1.48. The van der Waals surface area contributed by atoms with Gasteiger partial charge in [0.15, 0.2) is 0 Å². The number of hydrogen-bond donors (Lipinski definition) is 2. The topological polar surface area (TPSA) is 18.1 Å².